The van der Waals surface area contributed by atoms with E-state index in [2.05, 4.69) is 9.72 Å². The molecule has 0 aliphatic rings. The van der Waals surface area contributed by atoms with Gasteiger partial charge in [0.15, 0.2) is 5.69 Å². The van der Waals surface area contributed by atoms with Gasteiger partial charge in [-0.25, -0.2) is 18.6 Å². The summed E-state index contributed by atoms with van der Waals surface area (Å²) in [6.07, 6.45) is -1.70. The molecule has 0 aliphatic heterocycles. The molecular weight excluding hydrogens is 230 g/mol. The molecule has 1 aromatic heterocycles. The molecule has 0 spiro atoms. The lowest BCUT2D eigenvalue weighted by Crippen LogP contribution is -2.12. The fourth-order valence-electron chi connectivity index (χ4n) is 1.37. The lowest BCUT2D eigenvalue weighted by atomic mass is 10.0. The Hall–Kier alpha value is -2.03. The minimum absolute atomic E-state index is 0.0866. The Morgan fingerprint density at radius 2 is 2.29 bits per heavy atom. The first-order valence-corrected chi connectivity index (χ1v) is 4.87. The molecule has 90 valence electrons. The summed E-state index contributed by atoms with van der Waals surface area (Å²) in [5, 5.41) is 8.86. The molecule has 0 aliphatic carbocycles. The van der Waals surface area contributed by atoms with Crippen molar-refractivity contribution in [2.24, 2.45) is 0 Å². The number of ether oxygens (including phenoxy) is 1. The zero-order valence-corrected chi connectivity index (χ0v) is 9.33. The zero-order chi connectivity index (χ0) is 13.0. The van der Waals surface area contributed by atoms with Gasteiger partial charge in [0.25, 0.3) is 6.43 Å². The van der Waals surface area contributed by atoms with Crippen molar-refractivity contribution in [2.75, 3.05) is 6.61 Å². The van der Waals surface area contributed by atoms with Crippen LogP contribution in [0.3, 0.4) is 0 Å². The first-order valence-electron chi connectivity index (χ1n) is 4.87. The Balaban J connectivity index is 3.39. The van der Waals surface area contributed by atoms with Gasteiger partial charge < -0.3 is 4.74 Å². The number of carbonyl (C=O) groups excluding carboxylic acids is 1. The van der Waals surface area contributed by atoms with Crippen molar-refractivity contribution in [3.63, 3.8) is 0 Å². The van der Waals surface area contributed by atoms with Crippen LogP contribution in [-0.4, -0.2) is 17.6 Å². The lowest BCUT2D eigenvalue weighted by molar-refractivity contribution is 0.0518. The summed E-state index contributed by atoms with van der Waals surface area (Å²) < 4.78 is 30.2. The second-order valence-corrected chi connectivity index (χ2v) is 3.21. The maximum Gasteiger partial charge on any atom is 0.358 e. The van der Waals surface area contributed by atoms with E-state index in [1.165, 1.54) is 6.92 Å². The van der Waals surface area contributed by atoms with Gasteiger partial charge in [0.05, 0.1) is 12.2 Å². The molecule has 1 aromatic rings. The van der Waals surface area contributed by atoms with Gasteiger partial charge in [0.1, 0.15) is 6.07 Å². The summed E-state index contributed by atoms with van der Waals surface area (Å²) in [7, 11) is 0. The van der Waals surface area contributed by atoms with Crippen LogP contribution in [0.25, 0.3) is 0 Å². The van der Waals surface area contributed by atoms with Gasteiger partial charge >= 0.3 is 5.97 Å². The number of aromatic nitrogens is 1. The molecule has 0 radical (unpaired) electrons. The molecule has 0 bridgehead atoms. The Labute approximate surface area is 96.8 Å². The van der Waals surface area contributed by atoms with Crippen molar-refractivity contribution in [3.05, 3.63) is 28.6 Å². The number of carbonyl (C=O) groups is 1. The van der Waals surface area contributed by atoms with Crippen LogP contribution in [0.1, 0.15) is 40.5 Å². The average molecular weight is 240 g/mol. The number of rotatable bonds is 3. The largest absolute Gasteiger partial charge is 0.461 e. The third-order valence-corrected chi connectivity index (χ3v) is 2.12. The van der Waals surface area contributed by atoms with Crippen LogP contribution in [0, 0.1) is 18.3 Å². The molecule has 1 rings (SSSR count). The van der Waals surface area contributed by atoms with Crippen molar-refractivity contribution < 1.29 is 18.3 Å². The van der Waals surface area contributed by atoms with E-state index in [1.807, 2.05) is 0 Å². The highest BCUT2D eigenvalue weighted by atomic mass is 19.3. The maximum atomic E-state index is 12.8. The van der Waals surface area contributed by atoms with E-state index in [-0.39, 0.29) is 17.9 Å². The van der Waals surface area contributed by atoms with Crippen molar-refractivity contribution in [1.82, 2.24) is 4.98 Å². The van der Waals surface area contributed by atoms with E-state index in [4.69, 9.17) is 5.26 Å². The number of aryl methyl sites for hydroxylation is 1. The number of esters is 1. The molecule has 0 fully saturated rings. The first-order chi connectivity index (χ1) is 8.02. The van der Waals surface area contributed by atoms with Gasteiger partial charge in [-0.05, 0) is 19.4 Å². The Morgan fingerprint density at radius 3 is 2.76 bits per heavy atom. The zero-order valence-electron chi connectivity index (χ0n) is 9.33. The number of alkyl halides is 2. The number of halogens is 2. The number of pyridine rings is 1. The van der Waals surface area contributed by atoms with Gasteiger partial charge in [0.2, 0.25) is 0 Å². The fourth-order valence-corrected chi connectivity index (χ4v) is 1.37. The maximum absolute atomic E-state index is 12.8. The topological polar surface area (TPSA) is 63.0 Å². The number of nitrogens with zero attached hydrogens (tertiary/aromatic N) is 2. The highest BCUT2D eigenvalue weighted by molar-refractivity contribution is 5.90. The van der Waals surface area contributed by atoms with Crippen LogP contribution in [0.2, 0.25) is 0 Å². The van der Waals surface area contributed by atoms with Crippen LogP contribution in [0.5, 0.6) is 0 Å². The van der Waals surface area contributed by atoms with Crippen molar-refractivity contribution >= 4 is 5.97 Å². The van der Waals surface area contributed by atoms with Crippen molar-refractivity contribution in [1.29, 1.82) is 5.26 Å². The van der Waals surface area contributed by atoms with Gasteiger partial charge in [-0.15, -0.1) is 0 Å². The molecule has 1 heterocycles. The lowest BCUT2D eigenvalue weighted by Gasteiger charge is -2.09. The van der Waals surface area contributed by atoms with Crippen molar-refractivity contribution in [3.8, 4) is 6.07 Å². The third-order valence-electron chi connectivity index (χ3n) is 2.12. The number of nitriles is 1. The molecule has 6 heteroatoms. The monoisotopic (exact) mass is 240 g/mol. The SMILES string of the molecule is CCOC(=O)c1ncc(C)c(C(F)F)c1C#N. The predicted octanol–water partition coefficient (Wildman–Crippen LogP) is 2.38. The van der Waals surface area contributed by atoms with Gasteiger partial charge in [-0.1, -0.05) is 0 Å². The molecule has 0 amide bonds. The van der Waals surface area contributed by atoms with Crippen LogP contribution in [-0.2, 0) is 4.74 Å². The predicted molar refractivity (Wildman–Crippen MR) is 54.6 cm³/mol. The molecule has 0 aromatic carbocycles. The summed E-state index contributed by atoms with van der Waals surface area (Å²) in [5.41, 5.74) is -1.08. The second kappa shape index (κ2) is 5.34. The third kappa shape index (κ3) is 2.56. The normalized spacial score (nSPS) is 10.1. The second-order valence-electron chi connectivity index (χ2n) is 3.21. The van der Waals surface area contributed by atoms with Crippen LogP contribution in [0.15, 0.2) is 6.20 Å². The summed E-state index contributed by atoms with van der Waals surface area (Å²) in [6.45, 7) is 3.07. The standard InChI is InChI=1S/C11H10F2N2O2/c1-3-17-11(16)9-7(4-14)8(10(12)13)6(2)5-15-9/h5,10H,3H2,1-2H3. The number of hydrogen-bond acceptors (Lipinski definition) is 4. The molecular formula is C11H10F2N2O2. The van der Waals surface area contributed by atoms with E-state index in [0.717, 1.165) is 6.20 Å². The number of hydrogen-bond donors (Lipinski definition) is 0. The minimum Gasteiger partial charge on any atom is -0.461 e. The van der Waals surface area contributed by atoms with Crippen LogP contribution in [0.4, 0.5) is 8.78 Å². The Kier molecular flexibility index (Phi) is 4.10. The van der Waals surface area contributed by atoms with Gasteiger partial charge in [-0.2, -0.15) is 5.26 Å². The molecule has 0 N–H and O–H groups in total. The summed E-state index contributed by atoms with van der Waals surface area (Å²) in [4.78, 5) is 15.1. The highest BCUT2D eigenvalue weighted by Gasteiger charge is 2.24. The van der Waals surface area contributed by atoms with Crippen molar-refractivity contribution in [2.45, 2.75) is 20.3 Å². The molecule has 0 saturated carbocycles. The quantitative estimate of drug-likeness (QED) is 0.761. The average Bonchev–Trinajstić information content (AvgIpc) is 2.27. The van der Waals surface area contributed by atoms with Crippen LogP contribution < -0.4 is 0 Å². The van der Waals surface area contributed by atoms with Gasteiger partial charge in [-0.3, -0.25) is 0 Å². The fraction of sp³-hybridized carbons (Fsp3) is 0.364. The summed E-state index contributed by atoms with van der Waals surface area (Å²) in [6, 6.07) is 1.58. The highest BCUT2D eigenvalue weighted by Crippen LogP contribution is 2.27. The van der Waals surface area contributed by atoms with Gasteiger partial charge in [0, 0.05) is 11.8 Å². The summed E-state index contributed by atoms with van der Waals surface area (Å²) >= 11 is 0. The summed E-state index contributed by atoms with van der Waals surface area (Å²) in [5.74, 6) is -0.869. The molecule has 0 atom stereocenters. The van der Waals surface area contributed by atoms with E-state index in [0.29, 0.717) is 0 Å². The first kappa shape index (κ1) is 13.0. The Bertz CT molecular complexity index is 481. The minimum atomic E-state index is -2.83. The molecule has 0 unspecified atom stereocenters. The van der Waals surface area contributed by atoms with E-state index >= 15 is 0 Å². The molecule has 0 saturated heterocycles. The van der Waals surface area contributed by atoms with E-state index < -0.39 is 23.5 Å². The molecule has 4 nitrogen and oxygen atoms in total. The Morgan fingerprint density at radius 1 is 1.65 bits per heavy atom. The molecule has 17 heavy (non-hydrogen) atoms. The van der Waals surface area contributed by atoms with E-state index in [1.54, 1.807) is 13.0 Å². The smallest absolute Gasteiger partial charge is 0.358 e. The van der Waals surface area contributed by atoms with Crippen LogP contribution >= 0.6 is 0 Å². The van der Waals surface area contributed by atoms with E-state index in [9.17, 15) is 13.6 Å².